The van der Waals surface area contributed by atoms with Gasteiger partial charge in [0.05, 0.1) is 12.1 Å². The summed E-state index contributed by atoms with van der Waals surface area (Å²) in [6.45, 7) is 6.71. The molecule has 0 aliphatic carbocycles. The van der Waals surface area contributed by atoms with Gasteiger partial charge in [0.1, 0.15) is 35.6 Å². The first-order chi connectivity index (χ1) is 17.3. The first kappa shape index (κ1) is 27.0. The summed E-state index contributed by atoms with van der Waals surface area (Å²) >= 11 is 7.72. The molecule has 0 saturated heterocycles. The number of rotatable bonds is 11. The molecule has 0 unspecified atom stereocenters. The Balaban J connectivity index is 1.66. The van der Waals surface area contributed by atoms with E-state index in [1.165, 1.54) is 24.5 Å². The lowest BCUT2D eigenvalue weighted by molar-refractivity contribution is -0.112. The summed E-state index contributed by atoms with van der Waals surface area (Å²) in [5, 5.41) is 21.6. The van der Waals surface area contributed by atoms with E-state index in [2.05, 4.69) is 29.4 Å². The molecule has 0 aliphatic rings. The number of methoxy groups -OCH3 is 1. The Kier molecular flexibility index (Phi) is 9.68. The molecule has 0 bridgehead atoms. The second-order valence-corrected chi connectivity index (χ2v) is 9.74. The first-order valence-electron chi connectivity index (χ1n) is 11.2. The van der Waals surface area contributed by atoms with Gasteiger partial charge in [-0.15, -0.1) is 10.2 Å². The Morgan fingerprint density at radius 3 is 2.58 bits per heavy atom. The smallest absolute Gasteiger partial charge is 0.268 e. The average Bonchev–Trinajstić information content (AvgIpc) is 3.27. The summed E-state index contributed by atoms with van der Waals surface area (Å²) in [6.07, 6.45) is 2.18. The molecule has 0 spiro atoms. The third-order valence-corrected chi connectivity index (χ3v) is 5.96. The van der Waals surface area contributed by atoms with E-state index in [0.717, 1.165) is 22.7 Å². The summed E-state index contributed by atoms with van der Waals surface area (Å²) in [5.74, 6) is 1.29. The van der Waals surface area contributed by atoms with Gasteiger partial charge in [0, 0.05) is 6.42 Å². The molecule has 10 heteroatoms. The second-order valence-electron chi connectivity index (χ2n) is 8.27. The fraction of sp³-hybridized carbons (Fsp3) is 0.308. The number of ether oxygens (including phenoxy) is 3. The van der Waals surface area contributed by atoms with Crippen LogP contribution in [-0.2, 0) is 11.2 Å². The lowest BCUT2D eigenvalue weighted by atomic mass is 10.1. The minimum absolute atomic E-state index is 0.117. The standard InChI is InChI=1S/C26H27ClN4O4S/c1-16(2)11-23-30-31-26(36-23)29-25(32)19(15-28)12-18-13-21(27)24(22(14-18)33-4)35-10-9-34-20-7-5-17(3)6-8-20/h5-8,12-14,16H,9-11H2,1-4H3,(H,29,31,32). The van der Waals surface area contributed by atoms with Crippen molar-refractivity contribution in [2.24, 2.45) is 5.92 Å². The molecule has 1 N–H and O–H groups in total. The molecule has 36 heavy (non-hydrogen) atoms. The number of benzene rings is 2. The number of aryl methyl sites for hydroxylation is 1. The molecule has 1 heterocycles. The van der Waals surface area contributed by atoms with Crippen LogP contribution in [0.25, 0.3) is 6.08 Å². The van der Waals surface area contributed by atoms with Crippen molar-refractivity contribution in [1.82, 2.24) is 10.2 Å². The molecule has 3 rings (SSSR count). The maximum atomic E-state index is 12.6. The molecule has 2 aromatic carbocycles. The van der Waals surface area contributed by atoms with Crippen LogP contribution in [0.3, 0.4) is 0 Å². The van der Waals surface area contributed by atoms with Gasteiger partial charge in [-0.1, -0.05) is 54.5 Å². The van der Waals surface area contributed by atoms with Crippen molar-refractivity contribution in [3.63, 3.8) is 0 Å². The van der Waals surface area contributed by atoms with Crippen LogP contribution >= 0.6 is 22.9 Å². The molecular formula is C26H27ClN4O4S. The van der Waals surface area contributed by atoms with Gasteiger partial charge < -0.3 is 14.2 Å². The van der Waals surface area contributed by atoms with Crippen LogP contribution in [0.1, 0.15) is 30.0 Å². The summed E-state index contributed by atoms with van der Waals surface area (Å²) in [6, 6.07) is 12.9. The monoisotopic (exact) mass is 526 g/mol. The van der Waals surface area contributed by atoms with Gasteiger partial charge >= 0.3 is 0 Å². The van der Waals surface area contributed by atoms with Gasteiger partial charge in [-0.2, -0.15) is 5.26 Å². The van der Waals surface area contributed by atoms with E-state index in [9.17, 15) is 10.1 Å². The van der Waals surface area contributed by atoms with Crippen molar-refractivity contribution < 1.29 is 19.0 Å². The summed E-state index contributed by atoms with van der Waals surface area (Å²) in [5.41, 5.74) is 1.54. The Labute approximate surface area is 219 Å². The number of anilines is 1. The van der Waals surface area contributed by atoms with Crippen LogP contribution in [0.5, 0.6) is 17.2 Å². The van der Waals surface area contributed by atoms with E-state index in [4.69, 9.17) is 25.8 Å². The predicted molar refractivity (Wildman–Crippen MR) is 141 cm³/mol. The lowest BCUT2D eigenvalue weighted by Crippen LogP contribution is -2.13. The quantitative estimate of drug-likeness (QED) is 0.194. The molecule has 188 valence electrons. The highest BCUT2D eigenvalue weighted by Gasteiger charge is 2.16. The SMILES string of the molecule is COc1cc(C=C(C#N)C(=O)Nc2nnc(CC(C)C)s2)cc(Cl)c1OCCOc1ccc(C)cc1. The normalized spacial score (nSPS) is 11.2. The van der Waals surface area contributed by atoms with Crippen molar-refractivity contribution in [2.75, 3.05) is 25.6 Å². The van der Waals surface area contributed by atoms with Crippen molar-refractivity contribution in [2.45, 2.75) is 27.2 Å². The number of hydrogen-bond acceptors (Lipinski definition) is 8. The van der Waals surface area contributed by atoms with Crippen molar-refractivity contribution in [1.29, 1.82) is 5.26 Å². The number of amides is 1. The zero-order chi connectivity index (χ0) is 26.1. The molecule has 0 fully saturated rings. The predicted octanol–water partition coefficient (Wildman–Crippen LogP) is 5.71. The molecule has 8 nitrogen and oxygen atoms in total. The van der Waals surface area contributed by atoms with Crippen LogP contribution in [0.2, 0.25) is 5.02 Å². The fourth-order valence-electron chi connectivity index (χ4n) is 3.12. The van der Waals surface area contributed by atoms with Crippen molar-refractivity contribution >= 4 is 40.1 Å². The van der Waals surface area contributed by atoms with Gasteiger partial charge in [0.15, 0.2) is 11.5 Å². The Morgan fingerprint density at radius 1 is 1.19 bits per heavy atom. The average molecular weight is 527 g/mol. The molecular weight excluding hydrogens is 500 g/mol. The number of carbonyl (C=O) groups excluding carboxylic acids is 1. The maximum absolute atomic E-state index is 12.6. The van der Waals surface area contributed by atoms with E-state index in [1.807, 2.05) is 37.3 Å². The number of halogens is 1. The number of carbonyl (C=O) groups is 1. The van der Waals surface area contributed by atoms with E-state index in [0.29, 0.717) is 34.7 Å². The molecule has 0 saturated carbocycles. The third-order valence-electron chi connectivity index (χ3n) is 4.82. The van der Waals surface area contributed by atoms with E-state index >= 15 is 0 Å². The first-order valence-corrected chi connectivity index (χ1v) is 12.4. The largest absolute Gasteiger partial charge is 0.493 e. The molecule has 1 aromatic heterocycles. The number of nitriles is 1. The summed E-state index contributed by atoms with van der Waals surface area (Å²) < 4.78 is 16.9. The topological polar surface area (TPSA) is 106 Å². The second kappa shape index (κ2) is 12.9. The van der Waals surface area contributed by atoms with Gasteiger partial charge in [-0.25, -0.2) is 0 Å². The zero-order valence-corrected chi connectivity index (χ0v) is 22.1. The number of aromatic nitrogens is 2. The van der Waals surface area contributed by atoms with Crippen LogP contribution < -0.4 is 19.5 Å². The maximum Gasteiger partial charge on any atom is 0.268 e. The molecule has 1 amide bonds. The van der Waals surface area contributed by atoms with Crippen LogP contribution in [0, 0.1) is 24.2 Å². The summed E-state index contributed by atoms with van der Waals surface area (Å²) in [4.78, 5) is 12.6. The Hall–Kier alpha value is -3.61. The third kappa shape index (κ3) is 7.70. The van der Waals surface area contributed by atoms with Crippen LogP contribution in [0.15, 0.2) is 42.0 Å². The minimum atomic E-state index is -0.589. The van der Waals surface area contributed by atoms with Gasteiger partial charge in [-0.05, 0) is 48.7 Å². The summed E-state index contributed by atoms with van der Waals surface area (Å²) in [7, 11) is 1.48. The number of nitrogens with zero attached hydrogens (tertiary/aromatic N) is 3. The van der Waals surface area contributed by atoms with E-state index in [1.54, 1.807) is 12.1 Å². The molecule has 0 atom stereocenters. The van der Waals surface area contributed by atoms with Crippen LogP contribution in [-0.4, -0.2) is 36.4 Å². The zero-order valence-electron chi connectivity index (χ0n) is 20.5. The number of nitrogens with one attached hydrogen (secondary N) is 1. The highest BCUT2D eigenvalue weighted by Crippen LogP contribution is 2.37. The minimum Gasteiger partial charge on any atom is -0.493 e. The lowest BCUT2D eigenvalue weighted by Gasteiger charge is -2.14. The van der Waals surface area contributed by atoms with E-state index < -0.39 is 5.91 Å². The molecule has 0 radical (unpaired) electrons. The fourth-order valence-corrected chi connectivity index (χ4v) is 4.34. The Morgan fingerprint density at radius 2 is 1.92 bits per heavy atom. The van der Waals surface area contributed by atoms with Crippen LogP contribution in [0.4, 0.5) is 5.13 Å². The highest BCUT2D eigenvalue weighted by atomic mass is 35.5. The molecule has 0 aliphatic heterocycles. The Bertz CT molecular complexity index is 1270. The van der Waals surface area contributed by atoms with Gasteiger partial charge in [0.25, 0.3) is 5.91 Å². The van der Waals surface area contributed by atoms with Gasteiger partial charge in [0.2, 0.25) is 5.13 Å². The highest BCUT2D eigenvalue weighted by molar-refractivity contribution is 7.15. The van der Waals surface area contributed by atoms with Crippen molar-refractivity contribution in [3.8, 4) is 23.3 Å². The molecule has 3 aromatic rings. The van der Waals surface area contributed by atoms with Crippen molar-refractivity contribution in [3.05, 3.63) is 63.1 Å². The van der Waals surface area contributed by atoms with E-state index in [-0.39, 0.29) is 17.2 Å². The van der Waals surface area contributed by atoms with Gasteiger partial charge in [-0.3, -0.25) is 10.1 Å². The number of hydrogen-bond donors (Lipinski definition) is 1.